The Morgan fingerprint density at radius 1 is 1.34 bits per heavy atom. The first kappa shape index (κ1) is 18.3. The highest BCUT2D eigenvalue weighted by Gasteiger charge is 2.44. The molecule has 0 radical (unpaired) electrons. The number of amides is 1. The van der Waals surface area contributed by atoms with Crippen molar-refractivity contribution < 1.29 is 18.3 Å². The first-order chi connectivity index (χ1) is 13.8. The Morgan fingerprint density at radius 3 is 2.86 bits per heavy atom. The van der Waals surface area contributed by atoms with E-state index in [9.17, 15) is 13.6 Å². The van der Waals surface area contributed by atoms with Crippen LogP contribution in [0.4, 0.5) is 14.7 Å². The summed E-state index contributed by atoms with van der Waals surface area (Å²) in [4.78, 5) is 22.3. The lowest BCUT2D eigenvalue weighted by molar-refractivity contribution is -0.119. The summed E-state index contributed by atoms with van der Waals surface area (Å²) < 4.78 is 34.8. The normalized spacial score (nSPS) is 23.8. The molecular weight excluding hydrogens is 378 g/mol. The van der Waals surface area contributed by atoms with Gasteiger partial charge >= 0.3 is 0 Å². The molecule has 5 rings (SSSR count). The van der Waals surface area contributed by atoms with Crippen LogP contribution >= 0.6 is 0 Å². The lowest BCUT2D eigenvalue weighted by atomic mass is 10.0. The number of nitrogens with one attached hydrogen (secondary N) is 1. The highest BCUT2D eigenvalue weighted by molar-refractivity contribution is 5.74. The van der Waals surface area contributed by atoms with E-state index in [0.717, 1.165) is 24.1 Å². The van der Waals surface area contributed by atoms with Gasteiger partial charge in [-0.15, -0.1) is 0 Å². The molecule has 1 N–H and O–H groups in total. The molecule has 1 unspecified atom stereocenters. The Morgan fingerprint density at radius 2 is 2.17 bits per heavy atom. The fourth-order valence-electron chi connectivity index (χ4n) is 4.31. The van der Waals surface area contributed by atoms with Crippen molar-refractivity contribution in [3.8, 4) is 17.0 Å². The fraction of sp³-hybridized carbons (Fsp3) is 0.476. The Labute approximate surface area is 167 Å². The second kappa shape index (κ2) is 6.37. The second-order valence-electron chi connectivity index (χ2n) is 8.05. The van der Waals surface area contributed by atoms with Gasteiger partial charge in [0.1, 0.15) is 18.1 Å². The van der Waals surface area contributed by atoms with Gasteiger partial charge in [0.25, 0.3) is 5.92 Å². The minimum atomic E-state index is -2.93. The SMILES string of the molecule is CC(=O)NC1COc2cc(-c3nc(N4CC[C@@H]4C)nc4c3CCC4(F)F)ccc21. The molecular formula is C21H22F2N4O2. The summed E-state index contributed by atoms with van der Waals surface area (Å²) in [7, 11) is 0. The number of halogens is 2. The molecule has 3 aliphatic rings. The zero-order valence-corrected chi connectivity index (χ0v) is 16.3. The molecule has 1 aliphatic carbocycles. The third-order valence-corrected chi connectivity index (χ3v) is 6.05. The quantitative estimate of drug-likeness (QED) is 0.856. The Hall–Kier alpha value is -2.77. The largest absolute Gasteiger partial charge is 0.491 e. The van der Waals surface area contributed by atoms with Gasteiger partial charge in [0.2, 0.25) is 11.9 Å². The van der Waals surface area contributed by atoms with E-state index in [1.165, 1.54) is 6.92 Å². The van der Waals surface area contributed by atoms with Crippen LogP contribution in [0.3, 0.4) is 0 Å². The molecule has 0 saturated carbocycles. The number of anilines is 1. The maximum Gasteiger partial charge on any atom is 0.290 e. The van der Waals surface area contributed by atoms with Crippen molar-refractivity contribution >= 4 is 11.9 Å². The average molecular weight is 400 g/mol. The van der Waals surface area contributed by atoms with Gasteiger partial charge in [-0.2, -0.15) is 8.78 Å². The molecule has 1 fully saturated rings. The van der Waals surface area contributed by atoms with Crippen LogP contribution in [0.1, 0.15) is 49.6 Å². The summed E-state index contributed by atoms with van der Waals surface area (Å²) in [6.07, 6.45) is 1.01. The summed E-state index contributed by atoms with van der Waals surface area (Å²) >= 11 is 0. The van der Waals surface area contributed by atoms with Crippen molar-refractivity contribution in [1.29, 1.82) is 0 Å². The summed E-state index contributed by atoms with van der Waals surface area (Å²) in [5.74, 6) is -2.03. The molecule has 152 valence electrons. The van der Waals surface area contributed by atoms with Crippen molar-refractivity contribution in [2.75, 3.05) is 18.1 Å². The van der Waals surface area contributed by atoms with Crippen LogP contribution in [0.5, 0.6) is 5.75 Å². The standard InChI is InChI=1S/C21H22F2N4O2/c1-11-6-8-27(11)20-25-18(15-5-7-21(22,23)19(15)26-20)13-3-4-14-16(24-12(2)28)10-29-17(14)9-13/h3-4,9,11,16H,5-8,10H2,1-2H3,(H,24,28)/t11-,16?/m0/s1. The average Bonchev–Trinajstić information content (AvgIpc) is 3.20. The van der Waals surface area contributed by atoms with E-state index >= 15 is 0 Å². The molecule has 2 aliphatic heterocycles. The van der Waals surface area contributed by atoms with Crippen LogP contribution in [0.15, 0.2) is 18.2 Å². The number of nitrogens with zero attached hydrogens (tertiary/aromatic N) is 3. The number of rotatable bonds is 3. The van der Waals surface area contributed by atoms with Crippen molar-refractivity contribution in [3.05, 3.63) is 35.0 Å². The number of fused-ring (bicyclic) bond motifs is 2. The van der Waals surface area contributed by atoms with Gasteiger partial charge in [0.15, 0.2) is 0 Å². The predicted octanol–water partition coefficient (Wildman–Crippen LogP) is 3.35. The number of carbonyl (C=O) groups is 1. The number of alkyl halides is 2. The van der Waals surface area contributed by atoms with E-state index in [1.54, 1.807) is 0 Å². The molecule has 0 spiro atoms. The third kappa shape index (κ3) is 2.92. The smallest absolute Gasteiger partial charge is 0.290 e. The number of aromatic nitrogens is 2. The lowest BCUT2D eigenvalue weighted by Crippen LogP contribution is -2.47. The maximum atomic E-state index is 14.5. The molecule has 1 aromatic carbocycles. The third-order valence-electron chi connectivity index (χ3n) is 6.05. The van der Waals surface area contributed by atoms with E-state index in [-0.39, 0.29) is 36.5 Å². The number of carbonyl (C=O) groups excluding carboxylic acids is 1. The number of ether oxygens (including phenoxy) is 1. The van der Waals surface area contributed by atoms with Gasteiger partial charge in [-0.05, 0) is 25.8 Å². The monoisotopic (exact) mass is 400 g/mol. The Kier molecular flexibility index (Phi) is 4.01. The Balaban J connectivity index is 1.59. The van der Waals surface area contributed by atoms with E-state index in [4.69, 9.17) is 9.72 Å². The van der Waals surface area contributed by atoms with Crippen molar-refractivity contribution in [3.63, 3.8) is 0 Å². The van der Waals surface area contributed by atoms with E-state index in [0.29, 0.717) is 29.6 Å². The summed E-state index contributed by atoms with van der Waals surface area (Å²) in [6.45, 7) is 4.64. The Bertz CT molecular complexity index is 1010. The van der Waals surface area contributed by atoms with Gasteiger partial charge in [0, 0.05) is 42.6 Å². The first-order valence-electron chi connectivity index (χ1n) is 9.93. The molecule has 2 aromatic rings. The number of hydrogen-bond acceptors (Lipinski definition) is 5. The van der Waals surface area contributed by atoms with E-state index < -0.39 is 5.92 Å². The number of benzene rings is 1. The highest BCUT2D eigenvalue weighted by Crippen LogP contribution is 2.46. The minimum absolute atomic E-state index is 0.125. The lowest BCUT2D eigenvalue weighted by Gasteiger charge is -2.39. The molecule has 0 bridgehead atoms. The van der Waals surface area contributed by atoms with Crippen molar-refractivity contribution in [2.24, 2.45) is 0 Å². The van der Waals surface area contributed by atoms with Crippen LogP contribution < -0.4 is 15.0 Å². The van der Waals surface area contributed by atoms with Gasteiger partial charge in [-0.1, -0.05) is 12.1 Å². The van der Waals surface area contributed by atoms with E-state index in [2.05, 4.69) is 10.3 Å². The van der Waals surface area contributed by atoms with Crippen LogP contribution in [0, 0.1) is 0 Å². The predicted molar refractivity (Wildman–Crippen MR) is 103 cm³/mol. The number of hydrogen-bond donors (Lipinski definition) is 1. The summed E-state index contributed by atoms with van der Waals surface area (Å²) in [5.41, 5.74) is 2.54. The van der Waals surface area contributed by atoms with E-state index in [1.807, 2.05) is 30.0 Å². The fourth-order valence-corrected chi connectivity index (χ4v) is 4.31. The van der Waals surface area contributed by atoms with Crippen molar-refractivity contribution in [2.45, 2.75) is 51.1 Å². The second-order valence-corrected chi connectivity index (χ2v) is 8.05. The highest BCUT2D eigenvalue weighted by atomic mass is 19.3. The zero-order chi connectivity index (χ0) is 20.3. The molecule has 8 heteroatoms. The van der Waals surface area contributed by atoms with Gasteiger partial charge in [-0.25, -0.2) is 9.97 Å². The summed E-state index contributed by atoms with van der Waals surface area (Å²) in [6, 6.07) is 5.63. The first-order valence-corrected chi connectivity index (χ1v) is 9.93. The minimum Gasteiger partial charge on any atom is -0.491 e. The maximum absolute atomic E-state index is 14.5. The topological polar surface area (TPSA) is 67.3 Å². The zero-order valence-electron chi connectivity index (χ0n) is 16.3. The van der Waals surface area contributed by atoms with Crippen LogP contribution in [-0.2, 0) is 17.1 Å². The van der Waals surface area contributed by atoms with Crippen LogP contribution in [-0.4, -0.2) is 35.1 Å². The molecule has 6 nitrogen and oxygen atoms in total. The van der Waals surface area contributed by atoms with Gasteiger partial charge in [-0.3, -0.25) is 4.79 Å². The van der Waals surface area contributed by atoms with Gasteiger partial charge < -0.3 is 15.0 Å². The van der Waals surface area contributed by atoms with Crippen molar-refractivity contribution in [1.82, 2.24) is 15.3 Å². The van der Waals surface area contributed by atoms with Gasteiger partial charge in [0.05, 0.1) is 11.7 Å². The molecule has 29 heavy (non-hydrogen) atoms. The molecule has 3 heterocycles. The molecule has 1 saturated heterocycles. The molecule has 1 aromatic heterocycles. The molecule has 1 amide bonds. The van der Waals surface area contributed by atoms with Crippen LogP contribution in [0.25, 0.3) is 11.3 Å². The van der Waals surface area contributed by atoms with Crippen LogP contribution in [0.2, 0.25) is 0 Å². The molecule has 2 atom stereocenters. The summed E-state index contributed by atoms with van der Waals surface area (Å²) in [5, 5.41) is 2.86.